The van der Waals surface area contributed by atoms with Crippen LogP contribution in [0.4, 0.5) is 15.8 Å². The van der Waals surface area contributed by atoms with E-state index in [-0.39, 0.29) is 10.6 Å². The highest BCUT2D eigenvalue weighted by Gasteiger charge is 2.27. The van der Waals surface area contributed by atoms with Gasteiger partial charge in [-0.15, -0.1) is 0 Å². The lowest BCUT2D eigenvalue weighted by atomic mass is 10.3. The second kappa shape index (κ2) is 9.15. The Bertz CT molecular complexity index is 1140. The van der Waals surface area contributed by atoms with Gasteiger partial charge in [-0.25, -0.2) is 12.8 Å². The van der Waals surface area contributed by atoms with Gasteiger partial charge in [0.1, 0.15) is 18.1 Å². The number of halogens is 2. The molecule has 0 fully saturated rings. The number of sulfonamides is 1. The summed E-state index contributed by atoms with van der Waals surface area (Å²) >= 11 is 6.05. The topological polar surface area (TPSA) is 75.7 Å². The summed E-state index contributed by atoms with van der Waals surface area (Å²) in [6.45, 7) is -0.536. The molecule has 0 aromatic heterocycles. The Morgan fingerprint density at radius 3 is 2.27 bits per heavy atom. The highest BCUT2D eigenvalue weighted by atomic mass is 35.5. The number of methoxy groups -OCH3 is 1. The molecule has 156 valence electrons. The van der Waals surface area contributed by atoms with Crippen LogP contribution in [0.1, 0.15) is 0 Å². The Morgan fingerprint density at radius 1 is 1.03 bits per heavy atom. The van der Waals surface area contributed by atoms with Gasteiger partial charge in [0.15, 0.2) is 0 Å². The van der Waals surface area contributed by atoms with Gasteiger partial charge < -0.3 is 10.1 Å². The lowest BCUT2D eigenvalue weighted by Crippen LogP contribution is -2.38. The molecule has 0 saturated heterocycles. The summed E-state index contributed by atoms with van der Waals surface area (Å²) in [7, 11) is -2.66. The maximum absolute atomic E-state index is 13.4. The average Bonchev–Trinajstić information content (AvgIpc) is 2.74. The number of nitrogens with zero attached hydrogens (tertiary/aromatic N) is 1. The minimum absolute atomic E-state index is 0.0434. The number of carbonyl (C=O) groups is 1. The molecular formula is C21H18ClFN2O4S. The average molecular weight is 449 g/mol. The molecule has 0 aliphatic rings. The Labute approximate surface area is 178 Å². The highest BCUT2D eigenvalue weighted by molar-refractivity contribution is 7.92. The Morgan fingerprint density at radius 2 is 1.67 bits per heavy atom. The number of hydrogen-bond acceptors (Lipinski definition) is 4. The number of hydrogen-bond donors (Lipinski definition) is 1. The second-order valence-corrected chi connectivity index (χ2v) is 8.46. The van der Waals surface area contributed by atoms with E-state index in [9.17, 15) is 17.6 Å². The van der Waals surface area contributed by atoms with Crippen LogP contribution in [0.15, 0.2) is 77.7 Å². The van der Waals surface area contributed by atoms with Crippen LogP contribution in [-0.4, -0.2) is 28.0 Å². The van der Waals surface area contributed by atoms with E-state index in [0.29, 0.717) is 16.5 Å². The number of carbonyl (C=O) groups excluding carboxylic acids is 1. The first-order valence-corrected chi connectivity index (χ1v) is 10.6. The predicted molar refractivity (Wildman–Crippen MR) is 114 cm³/mol. The summed E-state index contributed by atoms with van der Waals surface area (Å²) in [6.07, 6.45) is 0. The van der Waals surface area contributed by atoms with Crippen molar-refractivity contribution in [2.24, 2.45) is 0 Å². The first-order chi connectivity index (χ1) is 14.3. The van der Waals surface area contributed by atoms with E-state index < -0.39 is 28.3 Å². The van der Waals surface area contributed by atoms with Gasteiger partial charge in [0, 0.05) is 0 Å². The van der Waals surface area contributed by atoms with E-state index in [2.05, 4.69) is 5.32 Å². The van der Waals surface area contributed by atoms with Gasteiger partial charge in [-0.05, 0) is 60.7 Å². The minimum atomic E-state index is -4.13. The van der Waals surface area contributed by atoms with E-state index in [4.69, 9.17) is 16.3 Å². The van der Waals surface area contributed by atoms with Gasteiger partial charge in [-0.1, -0.05) is 23.7 Å². The largest absolute Gasteiger partial charge is 0.497 e. The van der Waals surface area contributed by atoms with Crippen molar-refractivity contribution < 1.29 is 22.3 Å². The Hall–Kier alpha value is -3.10. The minimum Gasteiger partial charge on any atom is -0.497 e. The summed E-state index contributed by atoms with van der Waals surface area (Å²) in [5.41, 5.74) is 0.492. The first kappa shape index (κ1) is 21.6. The first-order valence-electron chi connectivity index (χ1n) is 8.78. The molecule has 0 saturated carbocycles. The molecule has 0 unspecified atom stereocenters. The van der Waals surface area contributed by atoms with Gasteiger partial charge >= 0.3 is 0 Å². The second-order valence-electron chi connectivity index (χ2n) is 6.19. The van der Waals surface area contributed by atoms with Crippen LogP contribution in [0, 0.1) is 5.82 Å². The van der Waals surface area contributed by atoms with Crippen LogP contribution >= 0.6 is 11.6 Å². The van der Waals surface area contributed by atoms with E-state index in [1.54, 1.807) is 24.3 Å². The monoisotopic (exact) mass is 448 g/mol. The summed E-state index contributed by atoms with van der Waals surface area (Å²) < 4.78 is 45.8. The van der Waals surface area contributed by atoms with E-state index >= 15 is 0 Å². The van der Waals surface area contributed by atoms with Crippen molar-refractivity contribution >= 4 is 38.9 Å². The maximum Gasteiger partial charge on any atom is 0.264 e. The molecule has 3 aromatic rings. The highest BCUT2D eigenvalue weighted by Crippen LogP contribution is 2.26. The number of benzene rings is 3. The van der Waals surface area contributed by atoms with Crippen LogP contribution in [0.5, 0.6) is 5.75 Å². The summed E-state index contributed by atoms with van der Waals surface area (Å²) in [5.74, 6) is -0.649. The SMILES string of the molecule is COc1ccc(S(=O)(=O)N(CC(=O)Nc2ccccc2Cl)c2ccc(F)cc2)cc1. The maximum atomic E-state index is 13.4. The van der Waals surface area contributed by atoms with Gasteiger partial charge in [0.05, 0.1) is 28.4 Å². The van der Waals surface area contributed by atoms with Gasteiger partial charge in [0.25, 0.3) is 10.0 Å². The van der Waals surface area contributed by atoms with Crippen molar-refractivity contribution in [3.8, 4) is 5.75 Å². The molecule has 30 heavy (non-hydrogen) atoms. The third kappa shape index (κ3) is 4.90. The van der Waals surface area contributed by atoms with E-state index in [1.165, 1.54) is 43.5 Å². The van der Waals surface area contributed by atoms with Crippen LogP contribution in [0.2, 0.25) is 5.02 Å². The molecule has 0 aliphatic heterocycles. The molecular weight excluding hydrogens is 431 g/mol. The molecule has 0 atom stereocenters. The van der Waals surface area contributed by atoms with E-state index in [0.717, 1.165) is 16.4 Å². The summed E-state index contributed by atoms with van der Waals surface area (Å²) in [6, 6.07) is 17.2. The molecule has 0 radical (unpaired) electrons. The summed E-state index contributed by atoms with van der Waals surface area (Å²) in [5, 5.41) is 2.91. The number of nitrogens with one attached hydrogen (secondary N) is 1. The molecule has 0 heterocycles. The number of anilines is 2. The fraction of sp³-hybridized carbons (Fsp3) is 0.0952. The quantitative estimate of drug-likeness (QED) is 0.584. The zero-order chi connectivity index (χ0) is 21.7. The third-order valence-corrected chi connectivity index (χ3v) is 6.31. The molecule has 1 amide bonds. The Kier molecular flexibility index (Phi) is 6.59. The van der Waals surface area contributed by atoms with Crippen molar-refractivity contribution in [1.29, 1.82) is 0 Å². The van der Waals surface area contributed by atoms with Gasteiger partial charge in [-0.3, -0.25) is 9.10 Å². The van der Waals surface area contributed by atoms with Crippen molar-refractivity contribution in [2.45, 2.75) is 4.90 Å². The van der Waals surface area contributed by atoms with Crippen LogP contribution in [0.3, 0.4) is 0 Å². The zero-order valence-corrected chi connectivity index (χ0v) is 17.5. The van der Waals surface area contributed by atoms with Gasteiger partial charge in [-0.2, -0.15) is 0 Å². The van der Waals surface area contributed by atoms with Crippen molar-refractivity contribution in [3.63, 3.8) is 0 Å². The number of para-hydroxylation sites is 1. The third-order valence-electron chi connectivity index (χ3n) is 4.20. The Balaban J connectivity index is 1.94. The lowest BCUT2D eigenvalue weighted by molar-refractivity contribution is -0.114. The molecule has 0 bridgehead atoms. The molecule has 6 nitrogen and oxygen atoms in total. The molecule has 3 aromatic carbocycles. The molecule has 9 heteroatoms. The fourth-order valence-corrected chi connectivity index (χ4v) is 4.28. The van der Waals surface area contributed by atoms with Crippen LogP contribution < -0.4 is 14.4 Å². The molecule has 3 rings (SSSR count). The smallest absolute Gasteiger partial charge is 0.264 e. The molecule has 0 aliphatic carbocycles. The molecule has 1 N–H and O–H groups in total. The zero-order valence-electron chi connectivity index (χ0n) is 15.9. The van der Waals surface area contributed by atoms with E-state index in [1.807, 2.05) is 0 Å². The number of ether oxygens (including phenoxy) is 1. The standard InChI is InChI=1S/C21H18ClFN2O4S/c1-29-17-10-12-18(13-11-17)30(27,28)25(16-8-6-15(23)7-9-16)14-21(26)24-20-5-3-2-4-19(20)22/h2-13H,14H2,1H3,(H,24,26). The predicted octanol–water partition coefficient (Wildman–Crippen LogP) is 4.32. The van der Waals surface area contributed by atoms with Gasteiger partial charge in [0.2, 0.25) is 5.91 Å². The van der Waals surface area contributed by atoms with Crippen molar-refractivity contribution in [1.82, 2.24) is 0 Å². The van der Waals surface area contributed by atoms with Crippen molar-refractivity contribution in [3.05, 3.63) is 83.6 Å². The number of amides is 1. The lowest BCUT2D eigenvalue weighted by Gasteiger charge is -2.24. The number of rotatable bonds is 7. The van der Waals surface area contributed by atoms with Crippen molar-refractivity contribution in [2.75, 3.05) is 23.3 Å². The summed E-state index contributed by atoms with van der Waals surface area (Å²) in [4.78, 5) is 12.6. The molecule has 0 spiro atoms. The van der Waals surface area contributed by atoms with Crippen LogP contribution in [0.25, 0.3) is 0 Å². The fourth-order valence-electron chi connectivity index (χ4n) is 2.68. The normalized spacial score (nSPS) is 11.0. The van der Waals surface area contributed by atoms with Crippen LogP contribution in [-0.2, 0) is 14.8 Å².